The Hall–Kier alpha value is -1.39. The van der Waals surface area contributed by atoms with Gasteiger partial charge in [-0.15, -0.1) is 0 Å². The number of aromatic nitrogens is 2. The van der Waals surface area contributed by atoms with E-state index in [4.69, 9.17) is 10.7 Å². The molecular formula is C14H20N4. The van der Waals surface area contributed by atoms with Gasteiger partial charge in [0.05, 0.1) is 17.1 Å². The molecule has 1 saturated heterocycles. The van der Waals surface area contributed by atoms with E-state index in [1.165, 1.54) is 5.56 Å². The standard InChI is InChI=1S/C14H20N4/c1-9-3-4-11-12(7-9)17-14(16-11)13-8-10(15)5-6-18(13)2/h3-4,7,10,13H,5-6,8,15H2,1-2H3,(H,16,17). The van der Waals surface area contributed by atoms with Gasteiger partial charge in [-0.2, -0.15) is 0 Å². The zero-order valence-electron chi connectivity index (χ0n) is 11.0. The number of hydrogen-bond acceptors (Lipinski definition) is 3. The SMILES string of the molecule is Cc1ccc2nc(C3CC(N)CCN3C)[nH]c2c1. The predicted molar refractivity (Wildman–Crippen MR) is 73.4 cm³/mol. The number of aryl methyl sites for hydroxylation is 1. The van der Waals surface area contributed by atoms with Gasteiger partial charge in [-0.05, 0) is 44.5 Å². The number of benzene rings is 1. The molecule has 4 nitrogen and oxygen atoms in total. The first-order valence-corrected chi connectivity index (χ1v) is 6.55. The lowest BCUT2D eigenvalue weighted by atomic mass is 9.98. The van der Waals surface area contributed by atoms with E-state index in [0.717, 1.165) is 36.2 Å². The first kappa shape index (κ1) is 11.7. The summed E-state index contributed by atoms with van der Waals surface area (Å²) in [5.74, 6) is 1.05. The zero-order chi connectivity index (χ0) is 12.7. The lowest BCUT2D eigenvalue weighted by Crippen LogP contribution is -2.40. The molecule has 2 heterocycles. The maximum atomic E-state index is 6.07. The summed E-state index contributed by atoms with van der Waals surface area (Å²) in [6, 6.07) is 6.94. The van der Waals surface area contributed by atoms with Crippen molar-refractivity contribution in [3.05, 3.63) is 29.6 Å². The van der Waals surface area contributed by atoms with Crippen molar-refractivity contribution < 1.29 is 0 Å². The zero-order valence-corrected chi connectivity index (χ0v) is 11.0. The highest BCUT2D eigenvalue weighted by atomic mass is 15.2. The minimum Gasteiger partial charge on any atom is -0.341 e. The van der Waals surface area contributed by atoms with Gasteiger partial charge in [-0.1, -0.05) is 6.07 Å². The normalized spacial score (nSPS) is 25.7. The number of nitrogens with zero attached hydrogens (tertiary/aromatic N) is 2. The van der Waals surface area contributed by atoms with Crippen molar-refractivity contribution in [1.82, 2.24) is 14.9 Å². The van der Waals surface area contributed by atoms with Crippen molar-refractivity contribution in [2.24, 2.45) is 5.73 Å². The fourth-order valence-electron chi connectivity index (χ4n) is 2.73. The molecule has 1 aliphatic heterocycles. The molecule has 0 aliphatic carbocycles. The lowest BCUT2D eigenvalue weighted by molar-refractivity contribution is 0.165. The van der Waals surface area contributed by atoms with Crippen LogP contribution in [0, 0.1) is 6.92 Å². The van der Waals surface area contributed by atoms with Crippen LogP contribution in [0.15, 0.2) is 18.2 Å². The van der Waals surface area contributed by atoms with Crippen LogP contribution in [-0.2, 0) is 0 Å². The smallest absolute Gasteiger partial charge is 0.124 e. The molecule has 1 fully saturated rings. The number of aromatic amines is 1. The molecule has 0 saturated carbocycles. The molecule has 0 amide bonds. The highest BCUT2D eigenvalue weighted by Crippen LogP contribution is 2.28. The minimum atomic E-state index is 0.293. The van der Waals surface area contributed by atoms with E-state index in [2.05, 4.69) is 42.1 Å². The predicted octanol–water partition coefficient (Wildman–Crippen LogP) is 1.97. The van der Waals surface area contributed by atoms with Gasteiger partial charge in [0.2, 0.25) is 0 Å². The molecule has 0 bridgehead atoms. The van der Waals surface area contributed by atoms with Crippen molar-refractivity contribution in [2.75, 3.05) is 13.6 Å². The van der Waals surface area contributed by atoms with Gasteiger partial charge in [-0.25, -0.2) is 4.98 Å². The summed E-state index contributed by atoms with van der Waals surface area (Å²) < 4.78 is 0. The maximum absolute atomic E-state index is 6.07. The topological polar surface area (TPSA) is 57.9 Å². The molecule has 1 aliphatic rings. The Bertz CT molecular complexity index is 560. The van der Waals surface area contributed by atoms with E-state index >= 15 is 0 Å². The first-order valence-electron chi connectivity index (χ1n) is 6.55. The molecule has 2 unspecified atom stereocenters. The van der Waals surface area contributed by atoms with E-state index in [9.17, 15) is 0 Å². The van der Waals surface area contributed by atoms with Crippen LogP contribution in [0.3, 0.4) is 0 Å². The number of H-pyrrole nitrogens is 1. The molecule has 96 valence electrons. The van der Waals surface area contributed by atoms with E-state index in [-0.39, 0.29) is 0 Å². The fourth-order valence-corrected chi connectivity index (χ4v) is 2.73. The number of imidazole rings is 1. The average molecular weight is 244 g/mol. The van der Waals surface area contributed by atoms with Crippen molar-refractivity contribution >= 4 is 11.0 Å². The summed E-state index contributed by atoms with van der Waals surface area (Å²) >= 11 is 0. The molecule has 4 heteroatoms. The largest absolute Gasteiger partial charge is 0.341 e. The molecule has 3 rings (SSSR count). The monoisotopic (exact) mass is 244 g/mol. The fraction of sp³-hybridized carbons (Fsp3) is 0.500. The number of rotatable bonds is 1. The Labute approximate surface area is 107 Å². The highest BCUT2D eigenvalue weighted by Gasteiger charge is 2.27. The Morgan fingerprint density at radius 2 is 2.28 bits per heavy atom. The molecule has 1 aromatic heterocycles. The number of fused-ring (bicyclic) bond motifs is 1. The van der Waals surface area contributed by atoms with Crippen LogP contribution in [0.1, 0.15) is 30.3 Å². The Kier molecular flexibility index (Phi) is 2.84. The van der Waals surface area contributed by atoms with Gasteiger partial charge in [0.15, 0.2) is 0 Å². The number of likely N-dealkylation sites (tertiary alicyclic amines) is 1. The average Bonchev–Trinajstić information content (AvgIpc) is 2.74. The van der Waals surface area contributed by atoms with Gasteiger partial charge in [0.1, 0.15) is 5.82 Å². The second-order valence-corrected chi connectivity index (χ2v) is 5.42. The van der Waals surface area contributed by atoms with Gasteiger partial charge in [0.25, 0.3) is 0 Å². The van der Waals surface area contributed by atoms with E-state index in [0.29, 0.717) is 12.1 Å². The van der Waals surface area contributed by atoms with Crippen LogP contribution in [0.2, 0.25) is 0 Å². The number of hydrogen-bond donors (Lipinski definition) is 2. The Balaban J connectivity index is 1.97. The van der Waals surface area contributed by atoms with Crippen LogP contribution in [0.4, 0.5) is 0 Å². The summed E-state index contributed by atoms with van der Waals surface area (Å²) in [6.45, 7) is 3.14. The van der Waals surface area contributed by atoms with Crippen molar-refractivity contribution in [3.8, 4) is 0 Å². The molecule has 0 radical (unpaired) electrons. The van der Waals surface area contributed by atoms with Gasteiger partial charge in [0, 0.05) is 12.6 Å². The third kappa shape index (κ3) is 2.02. The summed E-state index contributed by atoms with van der Waals surface area (Å²) in [7, 11) is 2.15. The van der Waals surface area contributed by atoms with Gasteiger partial charge in [-0.3, -0.25) is 4.90 Å². The first-order chi connectivity index (χ1) is 8.63. The van der Waals surface area contributed by atoms with Crippen LogP contribution >= 0.6 is 0 Å². The molecule has 2 atom stereocenters. The van der Waals surface area contributed by atoms with Crippen LogP contribution in [0.5, 0.6) is 0 Å². The van der Waals surface area contributed by atoms with E-state index in [1.807, 2.05) is 0 Å². The lowest BCUT2D eigenvalue weighted by Gasteiger charge is -2.34. The number of nitrogens with two attached hydrogens (primary N) is 1. The molecule has 18 heavy (non-hydrogen) atoms. The van der Waals surface area contributed by atoms with Crippen molar-refractivity contribution in [3.63, 3.8) is 0 Å². The van der Waals surface area contributed by atoms with Crippen molar-refractivity contribution in [1.29, 1.82) is 0 Å². The minimum absolute atomic E-state index is 0.293. The second-order valence-electron chi connectivity index (χ2n) is 5.42. The summed E-state index contributed by atoms with van der Waals surface area (Å²) in [5.41, 5.74) is 9.50. The summed E-state index contributed by atoms with van der Waals surface area (Å²) in [4.78, 5) is 10.5. The molecule has 0 spiro atoms. The Morgan fingerprint density at radius 3 is 3.11 bits per heavy atom. The van der Waals surface area contributed by atoms with E-state index < -0.39 is 0 Å². The third-order valence-electron chi connectivity index (χ3n) is 3.88. The molecule has 3 N–H and O–H groups in total. The van der Waals surface area contributed by atoms with Crippen molar-refractivity contribution in [2.45, 2.75) is 31.8 Å². The third-order valence-corrected chi connectivity index (χ3v) is 3.88. The number of nitrogens with one attached hydrogen (secondary N) is 1. The van der Waals surface area contributed by atoms with Crippen LogP contribution in [-0.4, -0.2) is 34.5 Å². The van der Waals surface area contributed by atoms with Crippen LogP contribution in [0.25, 0.3) is 11.0 Å². The molecular weight excluding hydrogens is 224 g/mol. The van der Waals surface area contributed by atoms with Crippen LogP contribution < -0.4 is 5.73 Å². The second kappa shape index (κ2) is 4.37. The number of piperidine rings is 1. The van der Waals surface area contributed by atoms with E-state index in [1.54, 1.807) is 0 Å². The molecule has 1 aromatic carbocycles. The van der Waals surface area contributed by atoms with Gasteiger partial charge >= 0.3 is 0 Å². The van der Waals surface area contributed by atoms with Gasteiger partial charge < -0.3 is 10.7 Å². The quantitative estimate of drug-likeness (QED) is 0.806. The summed E-state index contributed by atoms with van der Waals surface area (Å²) in [6.07, 6.45) is 2.06. The molecule has 2 aromatic rings. The highest BCUT2D eigenvalue weighted by molar-refractivity contribution is 5.75. The Morgan fingerprint density at radius 1 is 1.44 bits per heavy atom. The summed E-state index contributed by atoms with van der Waals surface area (Å²) in [5, 5.41) is 0. The maximum Gasteiger partial charge on any atom is 0.124 e.